The molecule has 3 rings (SSSR count). The quantitative estimate of drug-likeness (QED) is 0.809. The zero-order valence-corrected chi connectivity index (χ0v) is 9.27. The molecule has 0 fully saturated rings. The maximum Gasteiger partial charge on any atom is 0.184 e. The minimum Gasteiger partial charge on any atom is -0.469 e. The zero-order valence-electron chi connectivity index (χ0n) is 9.27. The van der Waals surface area contributed by atoms with Crippen LogP contribution in [0.2, 0.25) is 0 Å². The monoisotopic (exact) mass is 231 g/mol. The van der Waals surface area contributed by atoms with Crippen LogP contribution in [0.4, 0.5) is 0 Å². The van der Waals surface area contributed by atoms with Crippen LogP contribution in [0, 0.1) is 0 Å². The van der Waals surface area contributed by atoms with Crippen LogP contribution in [0.3, 0.4) is 0 Å². The van der Waals surface area contributed by atoms with Crippen molar-refractivity contribution < 1.29 is 9.21 Å². The fourth-order valence-corrected chi connectivity index (χ4v) is 2.17. The van der Waals surface area contributed by atoms with Gasteiger partial charge in [0.05, 0.1) is 12.7 Å². The Morgan fingerprint density at radius 1 is 1.53 bits per heavy atom. The first-order valence-electron chi connectivity index (χ1n) is 5.61. The Morgan fingerprint density at radius 2 is 2.41 bits per heavy atom. The Kier molecular flexibility index (Phi) is 2.33. The van der Waals surface area contributed by atoms with Gasteiger partial charge in [0, 0.05) is 24.6 Å². The van der Waals surface area contributed by atoms with Crippen LogP contribution in [0.5, 0.6) is 0 Å². The molecule has 1 unspecified atom stereocenters. The van der Waals surface area contributed by atoms with Crippen LogP contribution < -0.4 is 5.73 Å². The molecule has 2 aromatic heterocycles. The fraction of sp³-hybridized carbons (Fsp3) is 0.333. The summed E-state index contributed by atoms with van der Waals surface area (Å²) in [6.07, 6.45) is 3.27. The topological polar surface area (TPSA) is 84.9 Å². The SMILES string of the molecule is NC1CC(=O)c2nc(Cc3ccco3)[nH]c2C1. The van der Waals surface area contributed by atoms with Gasteiger partial charge in [0.25, 0.3) is 0 Å². The number of carbonyl (C=O) groups is 1. The van der Waals surface area contributed by atoms with E-state index in [-0.39, 0.29) is 11.8 Å². The van der Waals surface area contributed by atoms with Crippen molar-refractivity contribution >= 4 is 5.78 Å². The Hall–Kier alpha value is -1.88. The third kappa shape index (κ3) is 1.89. The van der Waals surface area contributed by atoms with Crippen LogP contribution in [0.15, 0.2) is 22.8 Å². The van der Waals surface area contributed by atoms with E-state index in [0.717, 1.165) is 17.3 Å². The van der Waals surface area contributed by atoms with Crippen molar-refractivity contribution in [3.63, 3.8) is 0 Å². The van der Waals surface area contributed by atoms with E-state index < -0.39 is 0 Å². The summed E-state index contributed by atoms with van der Waals surface area (Å²) in [7, 11) is 0. The molecule has 2 heterocycles. The summed E-state index contributed by atoms with van der Waals surface area (Å²) in [5.41, 5.74) is 7.20. The number of Topliss-reactive ketones (excluding diaryl/α,β-unsaturated/α-hetero) is 1. The lowest BCUT2D eigenvalue weighted by atomic mass is 9.96. The van der Waals surface area contributed by atoms with Crippen LogP contribution in [0.25, 0.3) is 0 Å². The standard InChI is InChI=1S/C12H13N3O2/c13-7-4-9-12(10(16)5-7)15-11(14-9)6-8-2-1-3-17-8/h1-3,7H,4-6,13H2,(H,14,15). The molecule has 0 aromatic carbocycles. The molecule has 0 saturated carbocycles. The Labute approximate surface area is 98.0 Å². The molecule has 5 nitrogen and oxygen atoms in total. The van der Waals surface area contributed by atoms with E-state index in [9.17, 15) is 4.79 Å². The maximum atomic E-state index is 11.7. The van der Waals surface area contributed by atoms with Crippen LogP contribution in [-0.2, 0) is 12.8 Å². The zero-order chi connectivity index (χ0) is 11.8. The first kappa shape index (κ1) is 10.3. The van der Waals surface area contributed by atoms with Gasteiger partial charge >= 0.3 is 0 Å². The second kappa shape index (κ2) is 3.85. The van der Waals surface area contributed by atoms with E-state index in [1.165, 1.54) is 0 Å². The number of aromatic nitrogens is 2. The van der Waals surface area contributed by atoms with E-state index in [0.29, 0.717) is 25.0 Å². The Morgan fingerprint density at radius 3 is 3.18 bits per heavy atom. The first-order chi connectivity index (χ1) is 8.22. The number of ketones is 1. The molecule has 0 saturated heterocycles. The molecule has 0 radical (unpaired) electrons. The Balaban J connectivity index is 1.89. The van der Waals surface area contributed by atoms with Gasteiger partial charge in [-0.05, 0) is 12.1 Å². The lowest BCUT2D eigenvalue weighted by molar-refractivity contribution is 0.0960. The van der Waals surface area contributed by atoms with Gasteiger partial charge in [-0.25, -0.2) is 4.98 Å². The van der Waals surface area contributed by atoms with E-state index in [2.05, 4.69) is 9.97 Å². The molecule has 17 heavy (non-hydrogen) atoms. The van der Waals surface area contributed by atoms with E-state index in [4.69, 9.17) is 10.2 Å². The predicted molar refractivity (Wildman–Crippen MR) is 60.7 cm³/mol. The van der Waals surface area contributed by atoms with Crippen LogP contribution in [0.1, 0.15) is 34.2 Å². The highest BCUT2D eigenvalue weighted by Gasteiger charge is 2.26. The summed E-state index contributed by atoms with van der Waals surface area (Å²) in [6.45, 7) is 0. The Bertz CT molecular complexity index is 542. The average molecular weight is 231 g/mol. The number of fused-ring (bicyclic) bond motifs is 1. The number of nitrogens with zero attached hydrogens (tertiary/aromatic N) is 1. The second-order valence-corrected chi connectivity index (χ2v) is 4.36. The van der Waals surface area contributed by atoms with Crippen molar-refractivity contribution in [3.05, 3.63) is 41.4 Å². The molecule has 1 aliphatic rings. The number of H-pyrrole nitrogens is 1. The lowest BCUT2D eigenvalue weighted by Crippen LogP contribution is -2.31. The van der Waals surface area contributed by atoms with Crippen LogP contribution in [-0.4, -0.2) is 21.8 Å². The van der Waals surface area contributed by atoms with Crippen molar-refractivity contribution in [1.29, 1.82) is 0 Å². The van der Waals surface area contributed by atoms with Crippen molar-refractivity contribution in [3.8, 4) is 0 Å². The molecular formula is C12H13N3O2. The number of imidazole rings is 1. The molecule has 1 atom stereocenters. The number of furan rings is 1. The van der Waals surface area contributed by atoms with Gasteiger partial charge in [0.2, 0.25) is 0 Å². The van der Waals surface area contributed by atoms with E-state index in [1.54, 1.807) is 6.26 Å². The fourth-order valence-electron chi connectivity index (χ4n) is 2.17. The largest absolute Gasteiger partial charge is 0.469 e. The highest BCUT2D eigenvalue weighted by Crippen LogP contribution is 2.19. The molecule has 3 N–H and O–H groups in total. The highest BCUT2D eigenvalue weighted by atomic mass is 16.3. The molecule has 0 spiro atoms. The van der Waals surface area contributed by atoms with Gasteiger partial charge < -0.3 is 15.1 Å². The van der Waals surface area contributed by atoms with Crippen LogP contribution >= 0.6 is 0 Å². The van der Waals surface area contributed by atoms with Gasteiger partial charge in [0.15, 0.2) is 5.78 Å². The number of hydrogen-bond donors (Lipinski definition) is 2. The number of nitrogens with two attached hydrogens (primary N) is 1. The number of nitrogens with one attached hydrogen (secondary N) is 1. The molecule has 5 heteroatoms. The second-order valence-electron chi connectivity index (χ2n) is 4.36. The van der Waals surface area contributed by atoms with Crippen molar-refractivity contribution in [2.75, 3.05) is 0 Å². The van der Waals surface area contributed by atoms with Gasteiger partial charge in [-0.1, -0.05) is 0 Å². The van der Waals surface area contributed by atoms with Crippen molar-refractivity contribution in [1.82, 2.24) is 9.97 Å². The molecule has 1 aliphatic carbocycles. The number of carbonyl (C=O) groups excluding carboxylic acids is 1. The molecular weight excluding hydrogens is 218 g/mol. The predicted octanol–water partition coefficient (Wildman–Crippen LogP) is 1.05. The molecule has 0 bridgehead atoms. The van der Waals surface area contributed by atoms with Gasteiger partial charge in [-0.2, -0.15) is 0 Å². The normalized spacial score (nSPS) is 19.4. The minimum absolute atomic E-state index is 0.0284. The number of hydrogen-bond acceptors (Lipinski definition) is 4. The van der Waals surface area contributed by atoms with Gasteiger partial charge in [-0.3, -0.25) is 4.79 Å². The maximum absolute atomic E-state index is 11.7. The third-order valence-electron chi connectivity index (χ3n) is 2.93. The molecule has 2 aromatic rings. The summed E-state index contributed by atoms with van der Waals surface area (Å²) in [5, 5.41) is 0. The number of rotatable bonds is 2. The van der Waals surface area contributed by atoms with Gasteiger partial charge in [0.1, 0.15) is 17.3 Å². The lowest BCUT2D eigenvalue weighted by Gasteiger charge is -2.14. The van der Waals surface area contributed by atoms with Gasteiger partial charge in [-0.15, -0.1) is 0 Å². The molecule has 88 valence electrons. The van der Waals surface area contributed by atoms with E-state index in [1.807, 2.05) is 12.1 Å². The average Bonchev–Trinajstić information content (AvgIpc) is 2.87. The highest BCUT2D eigenvalue weighted by molar-refractivity contribution is 5.96. The van der Waals surface area contributed by atoms with Crippen molar-refractivity contribution in [2.24, 2.45) is 5.73 Å². The summed E-state index contributed by atoms with van der Waals surface area (Å²) < 4.78 is 5.25. The van der Waals surface area contributed by atoms with Crippen molar-refractivity contribution in [2.45, 2.75) is 25.3 Å². The van der Waals surface area contributed by atoms with E-state index >= 15 is 0 Å². The summed E-state index contributed by atoms with van der Waals surface area (Å²) >= 11 is 0. The first-order valence-corrected chi connectivity index (χ1v) is 5.61. The molecule has 0 amide bonds. The summed E-state index contributed by atoms with van der Waals surface area (Å²) in [4.78, 5) is 19.2. The number of aromatic amines is 1. The summed E-state index contributed by atoms with van der Waals surface area (Å²) in [5.74, 6) is 1.61. The minimum atomic E-state index is -0.0908. The third-order valence-corrected chi connectivity index (χ3v) is 2.93. The smallest absolute Gasteiger partial charge is 0.184 e. The molecule has 0 aliphatic heterocycles. The summed E-state index contributed by atoms with van der Waals surface area (Å²) in [6, 6.07) is 3.63.